The van der Waals surface area contributed by atoms with Crippen LogP contribution in [0.2, 0.25) is 0 Å². The van der Waals surface area contributed by atoms with Crippen molar-refractivity contribution in [2.24, 2.45) is 4.99 Å². The first kappa shape index (κ1) is 12.0. The van der Waals surface area contributed by atoms with Crippen molar-refractivity contribution in [2.75, 3.05) is 6.61 Å². The second-order valence-electron chi connectivity index (χ2n) is 4.71. The Hall–Kier alpha value is -2.10. The van der Waals surface area contributed by atoms with Crippen molar-refractivity contribution < 1.29 is 9.13 Å². The van der Waals surface area contributed by atoms with Crippen LogP contribution < -0.4 is 0 Å². The van der Waals surface area contributed by atoms with E-state index in [-0.39, 0.29) is 11.9 Å². The molecule has 2 heterocycles. The van der Waals surface area contributed by atoms with Crippen LogP contribution in [0.15, 0.2) is 47.6 Å². The first-order chi connectivity index (χ1) is 9.24. The first-order valence-electron chi connectivity index (χ1n) is 6.33. The van der Waals surface area contributed by atoms with Crippen LogP contribution in [0.5, 0.6) is 0 Å². The monoisotopic (exact) mass is 258 g/mol. The molecule has 0 N–H and O–H groups in total. The van der Waals surface area contributed by atoms with Crippen molar-refractivity contribution in [1.29, 1.82) is 0 Å². The summed E-state index contributed by atoms with van der Waals surface area (Å²) in [6.45, 7) is 3.10. The fourth-order valence-corrected chi connectivity index (χ4v) is 2.17. The van der Waals surface area contributed by atoms with Crippen LogP contribution in [0.4, 0.5) is 4.39 Å². The van der Waals surface area contributed by atoms with Crippen molar-refractivity contribution in [3.8, 4) is 0 Å². The van der Waals surface area contributed by atoms with E-state index in [2.05, 4.69) is 4.99 Å². The number of benzene rings is 1. The van der Waals surface area contributed by atoms with Gasteiger partial charge in [0.15, 0.2) is 0 Å². The largest absolute Gasteiger partial charge is 0.474 e. The summed E-state index contributed by atoms with van der Waals surface area (Å²) in [4.78, 5) is 4.44. The smallest absolute Gasteiger partial charge is 0.233 e. The van der Waals surface area contributed by atoms with E-state index in [0.29, 0.717) is 24.6 Å². The fourth-order valence-electron chi connectivity index (χ4n) is 2.17. The van der Waals surface area contributed by atoms with Gasteiger partial charge >= 0.3 is 0 Å². The van der Waals surface area contributed by atoms with Gasteiger partial charge < -0.3 is 9.30 Å². The maximum atomic E-state index is 13.7. The van der Waals surface area contributed by atoms with Crippen LogP contribution in [0.25, 0.3) is 0 Å². The molecule has 0 saturated carbocycles. The zero-order valence-corrected chi connectivity index (χ0v) is 10.7. The van der Waals surface area contributed by atoms with Gasteiger partial charge in [-0.25, -0.2) is 9.38 Å². The molecule has 2 aromatic rings. The van der Waals surface area contributed by atoms with Crippen molar-refractivity contribution in [3.63, 3.8) is 0 Å². The molecular weight excluding hydrogens is 243 g/mol. The molecule has 1 aliphatic heterocycles. The Morgan fingerprint density at radius 1 is 1.32 bits per heavy atom. The summed E-state index contributed by atoms with van der Waals surface area (Å²) in [7, 11) is 0. The van der Waals surface area contributed by atoms with Crippen LogP contribution in [-0.2, 0) is 11.3 Å². The minimum absolute atomic E-state index is 0.187. The second kappa shape index (κ2) is 4.88. The van der Waals surface area contributed by atoms with Gasteiger partial charge in [-0.3, -0.25) is 0 Å². The number of hydrogen-bond acceptors (Lipinski definition) is 2. The van der Waals surface area contributed by atoms with E-state index >= 15 is 0 Å². The van der Waals surface area contributed by atoms with Crippen molar-refractivity contribution in [1.82, 2.24) is 4.57 Å². The third-order valence-electron chi connectivity index (χ3n) is 3.15. The van der Waals surface area contributed by atoms with E-state index < -0.39 is 0 Å². The van der Waals surface area contributed by atoms with Crippen LogP contribution in [-0.4, -0.2) is 23.1 Å². The predicted molar refractivity (Wildman–Crippen MR) is 71.9 cm³/mol. The number of rotatable bonds is 3. The maximum absolute atomic E-state index is 13.7. The summed E-state index contributed by atoms with van der Waals surface area (Å²) in [6.07, 6.45) is 1.91. The van der Waals surface area contributed by atoms with Crippen molar-refractivity contribution >= 4 is 5.90 Å². The molecule has 3 rings (SSSR count). The van der Waals surface area contributed by atoms with Gasteiger partial charge in [0.25, 0.3) is 0 Å². The Balaban J connectivity index is 1.89. The Morgan fingerprint density at radius 3 is 2.89 bits per heavy atom. The first-order valence-corrected chi connectivity index (χ1v) is 6.33. The number of nitrogens with zero attached hydrogens (tertiary/aromatic N) is 2. The topological polar surface area (TPSA) is 26.5 Å². The van der Waals surface area contributed by atoms with E-state index in [1.807, 2.05) is 35.9 Å². The Labute approximate surface area is 111 Å². The highest BCUT2D eigenvalue weighted by atomic mass is 19.1. The Bertz CT molecular complexity index is 618. The number of aliphatic imine (C=N–C) groups is 1. The van der Waals surface area contributed by atoms with E-state index in [4.69, 9.17) is 4.74 Å². The molecular formula is C15H15FN2O. The van der Waals surface area contributed by atoms with E-state index in [1.54, 1.807) is 12.1 Å². The molecule has 0 saturated heterocycles. The molecule has 4 heteroatoms. The zero-order chi connectivity index (χ0) is 13.2. The van der Waals surface area contributed by atoms with E-state index in [1.165, 1.54) is 6.07 Å². The molecule has 98 valence electrons. The summed E-state index contributed by atoms with van der Waals surface area (Å²) in [6, 6.07) is 10.9. The standard InChI is InChI=1S/C15H15FN2O/c1-11-10-19-15(17-11)14-7-4-8-18(14)9-12-5-2-3-6-13(12)16/h2-8,11H,9-10H2,1H3/t11-/m0/s1. The van der Waals surface area contributed by atoms with Gasteiger partial charge in [-0.2, -0.15) is 0 Å². The molecule has 0 amide bonds. The molecule has 3 nitrogen and oxygen atoms in total. The number of halogens is 1. The maximum Gasteiger partial charge on any atom is 0.233 e. The minimum atomic E-state index is -0.190. The quantitative estimate of drug-likeness (QED) is 0.831. The summed E-state index contributed by atoms with van der Waals surface area (Å²) >= 11 is 0. The molecule has 0 unspecified atom stereocenters. The SMILES string of the molecule is C[C@H]1COC(c2cccn2Cc2ccccc2F)=N1. The molecule has 1 aromatic carbocycles. The van der Waals surface area contributed by atoms with Crippen LogP contribution in [0.3, 0.4) is 0 Å². The number of hydrogen-bond donors (Lipinski definition) is 0. The molecule has 0 spiro atoms. The summed E-state index contributed by atoms with van der Waals surface area (Å²) in [5.74, 6) is 0.457. The summed E-state index contributed by atoms with van der Waals surface area (Å²) in [5, 5.41) is 0. The molecule has 19 heavy (non-hydrogen) atoms. The summed E-state index contributed by atoms with van der Waals surface area (Å²) < 4.78 is 21.2. The molecule has 1 aliphatic rings. The highest BCUT2D eigenvalue weighted by Crippen LogP contribution is 2.15. The summed E-state index contributed by atoms with van der Waals surface area (Å²) in [5.41, 5.74) is 1.55. The lowest BCUT2D eigenvalue weighted by molar-refractivity contribution is 0.322. The van der Waals surface area contributed by atoms with Gasteiger partial charge in [-0.1, -0.05) is 18.2 Å². The fraction of sp³-hybridized carbons (Fsp3) is 0.267. The number of aromatic nitrogens is 1. The Kier molecular flexibility index (Phi) is 3.07. The minimum Gasteiger partial charge on any atom is -0.474 e. The third-order valence-corrected chi connectivity index (χ3v) is 3.15. The van der Waals surface area contributed by atoms with E-state index in [9.17, 15) is 4.39 Å². The molecule has 0 bridgehead atoms. The number of ether oxygens (including phenoxy) is 1. The van der Waals surface area contributed by atoms with Gasteiger partial charge in [-0.15, -0.1) is 0 Å². The average Bonchev–Trinajstić information content (AvgIpc) is 3.01. The highest BCUT2D eigenvalue weighted by molar-refractivity contribution is 5.93. The predicted octanol–water partition coefficient (Wildman–Crippen LogP) is 2.84. The lowest BCUT2D eigenvalue weighted by Crippen LogP contribution is -2.11. The van der Waals surface area contributed by atoms with Crippen molar-refractivity contribution in [2.45, 2.75) is 19.5 Å². The van der Waals surface area contributed by atoms with Gasteiger partial charge in [-0.05, 0) is 25.1 Å². The lowest BCUT2D eigenvalue weighted by Gasteiger charge is -2.09. The molecule has 1 aromatic heterocycles. The third kappa shape index (κ3) is 2.38. The highest BCUT2D eigenvalue weighted by Gasteiger charge is 2.19. The molecule has 1 atom stereocenters. The molecule has 0 aliphatic carbocycles. The Morgan fingerprint density at radius 2 is 2.16 bits per heavy atom. The van der Waals surface area contributed by atoms with Crippen LogP contribution in [0.1, 0.15) is 18.2 Å². The van der Waals surface area contributed by atoms with Gasteiger partial charge in [0.2, 0.25) is 5.90 Å². The van der Waals surface area contributed by atoms with Gasteiger partial charge in [0.05, 0.1) is 12.6 Å². The van der Waals surface area contributed by atoms with Crippen LogP contribution in [0, 0.1) is 5.82 Å². The van der Waals surface area contributed by atoms with Gasteiger partial charge in [0.1, 0.15) is 18.1 Å². The van der Waals surface area contributed by atoms with E-state index in [0.717, 1.165) is 5.69 Å². The normalized spacial score (nSPS) is 18.2. The molecule has 0 radical (unpaired) electrons. The zero-order valence-electron chi connectivity index (χ0n) is 10.7. The second-order valence-corrected chi connectivity index (χ2v) is 4.71. The van der Waals surface area contributed by atoms with Gasteiger partial charge in [0, 0.05) is 11.8 Å². The van der Waals surface area contributed by atoms with Crippen LogP contribution >= 0.6 is 0 Å². The lowest BCUT2D eigenvalue weighted by atomic mass is 10.2. The molecule has 0 fully saturated rings. The average molecular weight is 258 g/mol. The van der Waals surface area contributed by atoms with Crippen molar-refractivity contribution in [3.05, 3.63) is 59.7 Å².